The van der Waals surface area contributed by atoms with Gasteiger partial charge in [0.15, 0.2) is 9.34 Å². The second-order valence-electron chi connectivity index (χ2n) is 5.27. The summed E-state index contributed by atoms with van der Waals surface area (Å²) in [7, 11) is -3.47. The molecule has 0 aliphatic heterocycles. The van der Waals surface area contributed by atoms with E-state index in [1.54, 1.807) is 6.92 Å². The molecule has 18 heavy (non-hydrogen) atoms. The predicted molar refractivity (Wildman–Crippen MR) is 73.0 cm³/mol. The largest absolute Gasteiger partial charge is 0.375 e. The molecule has 1 fully saturated rings. The molecular formula is C11H19N3O2S2. The van der Waals surface area contributed by atoms with Gasteiger partial charge in [-0.15, -0.1) is 0 Å². The third-order valence-electron chi connectivity index (χ3n) is 3.75. The van der Waals surface area contributed by atoms with E-state index in [1.165, 1.54) is 0 Å². The molecule has 1 aliphatic carbocycles. The molecule has 1 aliphatic rings. The first-order valence-corrected chi connectivity index (χ1v) is 8.29. The molecule has 1 heterocycles. The smallest absolute Gasteiger partial charge is 0.252 e. The van der Waals surface area contributed by atoms with Crippen LogP contribution in [-0.4, -0.2) is 19.9 Å². The second kappa shape index (κ2) is 4.47. The van der Waals surface area contributed by atoms with Crippen LogP contribution in [0, 0.1) is 18.3 Å². The van der Waals surface area contributed by atoms with E-state index in [1.807, 2.05) is 0 Å². The van der Waals surface area contributed by atoms with Gasteiger partial charge in [-0.1, -0.05) is 25.2 Å². The number of nitrogens with two attached hydrogens (primary N) is 1. The van der Waals surface area contributed by atoms with Gasteiger partial charge in [-0.3, -0.25) is 0 Å². The zero-order valence-electron chi connectivity index (χ0n) is 10.9. The number of nitrogen functional groups attached to an aromatic ring is 1. The molecule has 1 aromatic heterocycles. The van der Waals surface area contributed by atoms with E-state index < -0.39 is 10.0 Å². The maximum atomic E-state index is 12.2. The average molecular weight is 289 g/mol. The Labute approximate surface area is 112 Å². The lowest BCUT2D eigenvalue weighted by atomic mass is 9.93. The van der Waals surface area contributed by atoms with Crippen LogP contribution in [0.15, 0.2) is 4.21 Å². The summed E-state index contributed by atoms with van der Waals surface area (Å²) in [6, 6.07) is 0. The molecule has 0 radical (unpaired) electrons. The van der Waals surface area contributed by atoms with Crippen molar-refractivity contribution in [1.29, 1.82) is 0 Å². The molecule has 7 heteroatoms. The highest BCUT2D eigenvalue weighted by molar-refractivity contribution is 7.91. The zero-order chi connectivity index (χ0) is 13.6. The van der Waals surface area contributed by atoms with Crippen molar-refractivity contribution in [3.05, 3.63) is 5.69 Å². The lowest BCUT2D eigenvalue weighted by Gasteiger charge is -2.19. The van der Waals surface area contributed by atoms with Crippen molar-refractivity contribution >= 4 is 26.5 Å². The number of hydrogen-bond acceptors (Lipinski definition) is 5. The van der Waals surface area contributed by atoms with E-state index in [9.17, 15) is 8.42 Å². The minimum Gasteiger partial charge on any atom is -0.375 e. The number of hydrogen-bond donors (Lipinski definition) is 2. The summed E-state index contributed by atoms with van der Waals surface area (Å²) in [4.78, 5) is 3.95. The number of nitrogens with zero attached hydrogens (tertiary/aromatic N) is 1. The number of sulfonamides is 1. The molecule has 5 nitrogen and oxygen atoms in total. The normalized spacial score (nSPS) is 18.2. The summed E-state index contributed by atoms with van der Waals surface area (Å²) < 4.78 is 27.3. The van der Waals surface area contributed by atoms with E-state index in [0.29, 0.717) is 18.2 Å². The molecule has 102 valence electrons. The summed E-state index contributed by atoms with van der Waals surface area (Å²) in [5.74, 6) is 0.493. The van der Waals surface area contributed by atoms with E-state index in [4.69, 9.17) is 5.73 Å². The van der Waals surface area contributed by atoms with E-state index in [0.717, 1.165) is 24.2 Å². The first-order chi connectivity index (χ1) is 8.27. The third-order valence-corrected chi connectivity index (χ3v) is 6.74. The Morgan fingerprint density at radius 3 is 2.50 bits per heavy atom. The zero-order valence-corrected chi connectivity index (χ0v) is 12.5. The Morgan fingerprint density at radius 1 is 1.50 bits per heavy atom. The fourth-order valence-electron chi connectivity index (χ4n) is 2.07. The van der Waals surface area contributed by atoms with Gasteiger partial charge in [0.05, 0.1) is 5.69 Å². The molecule has 1 saturated carbocycles. The van der Waals surface area contributed by atoms with E-state index in [-0.39, 0.29) is 14.8 Å². The van der Waals surface area contributed by atoms with E-state index in [2.05, 4.69) is 23.6 Å². The number of thiazole rings is 1. The first-order valence-electron chi connectivity index (χ1n) is 5.99. The first kappa shape index (κ1) is 13.8. The van der Waals surface area contributed by atoms with Crippen molar-refractivity contribution in [2.24, 2.45) is 11.3 Å². The molecule has 0 atom stereocenters. The maximum absolute atomic E-state index is 12.2. The van der Waals surface area contributed by atoms with Crippen LogP contribution in [0.2, 0.25) is 0 Å². The number of nitrogens with one attached hydrogen (secondary N) is 1. The van der Waals surface area contributed by atoms with Crippen LogP contribution in [0.25, 0.3) is 0 Å². The van der Waals surface area contributed by atoms with Crippen molar-refractivity contribution < 1.29 is 8.42 Å². The third kappa shape index (κ3) is 2.53. The Bertz CT molecular complexity index is 545. The maximum Gasteiger partial charge on any atom is 0.252 e. The lowest BCUT2D eigenvalue weighted by molar-refractivity contribution is 0.357. The van der Waals surface area contributed by atoms with Crippen molar-refractivity contribution in [1.82, 2.24) is 9.71 Å². The number of anilines is 1. The quantitative estimate of drug-likeness (QED) is 0.864. The van der Waals surface area contributed by atoms with Gasteiger partial charge < -0.3 is 5.73 Å². The highest BCUT2D eigenvalue weighted by Crippen LogP contribution is 2.51. The number of rotatable bonds is 5. The number of aromatic nitrogens is 1. The van der Waals surface area contributed by atoms with Crippen LogP contribution < -0.4 is 10.5 Å². The Morgan fingerprint density at radius 2 is 2.11 bits per heavy atom. The second-order valence-corrected chi connectivity index (χ2v) is 8.26. The van der Waals surface area contributed by atoms with Gasteiger partial charge in [-0.05, 0) is 31.1 Å². The molecule has 1 aromatic rings. The van der Waals surface area contributed by atoms with Crippen LogP contribution in [0.1, 0.15) is 32.4 Å². The lowest BCUT2D eigenvalue weighted by Crippen LogP contribution is -2.32. The predicted octanol–water partition coefficient (Wildman–Crippen LogP) is 1.75. The molecule has 0 spiro atoms. The highest BCUT2D eigenvalue weighted by atomic mass is 32.2. The van der Waals surface area contributed by atoms with Crippen molar-refractivity contribution in [3.8, 4) is 0 Å². The molecule has 3 N–H and O–H groups in total. The van der Waals surface area contributed by atoms with Gasteiger partial charge in [0.1, 0.15) is 0 Å². The van der Waals surface area contributed by atoms with Gasteiger partial charge in [-0.2, -0.15) is 0 Å². The van der Waals surface area contributed by atoms with Gasteiger partial charge in [0, 0.05) is 6.54 Å². The van der Waals surface area contributed by atoms with Crippen LogP contribution >= 0.6 is 11.3 Å². The summed E-state index contributed by atoms with van der Waals surface area (Å²) in [6.45, 7) is 6.44. The van der Waals surface area contributed by atoms with E-state index >= 15 is 0 Å². The SMILES string of the molecule is Cc1nc(N)sc1S(=O)(=O)NCC1(C(C)C)CC1. The van der Waals surface area contributed by atoms with Gasteiger partial charge in [-0.25, -0.2) is 18.1 Å². The summed E-state index contributed by atoms with van der Waals surface area (Å²) in [6.07, 6.45) is 2.19. The molecule has 0 bridgehead atoms. The van der Waals surface area contributed by atoms with Crippen LogP contribution in [0.4, 0.5) is 5.13 Å². The van der Waals surface area contributed by atoms with Crippen LogP contribution in [0.5, 0.6) is 0 Å². The molecule has 0 aromatic carbocycles. The molecule has 0 unspecified atom stereocenters. The Hall–Kier alpha value is -0.660. The topological polar surface area (TPSA) is 85.1 Å². The Balaban J connectivity index is 2.11. The summed E-state index contributed by atoms with van der Waals surface area (Å²) >= 11 is 1.02. The minimum atomic E-state index is -3.47. The minimum absolute atomic E-state index is 0.150. The van der Waals surface area contributed by atoms with Gasteiger partial charge >= 0.3 is 0 Å². The highest BCUT2D eigenvalue weighted by Gasteiger charge is 2.45. The van der Waals surface area contributed by atoms with Crippen molar-refractivity contribution in [2.75, 3.05) is 12.3 Å². The molecule has 0 amide bonds. The van der Waals surface area contributed by atoms with Gasteiger partial charge in [0.25, 0.3) is 10.0 Å². The monoisotopic (exact) mass is 289 g/mol. The summed E-state index contributed by atoms with van der Waals surface area (Å²) in [5, 5.41) is 0.290. The van der Waals surface area contributed by atoms with Crippen molar-refractivity contribution in [2.45, 2.75) is 37.8 Å². The average Bonchev–Trinajstić information content (AvgIpc) is 2.97. The molecular weight excluding hydrogens is 270 g/mol. The summed E-state index contributed by atoms with van der Waals surface area (Å²) in [5.41, 5.74) is 6.16. The van der Waals surface area contributed by atoms with Crippen LogP contribution in [0.3, 0.4) is 0 Å². The fourth-order valence-corrected chi connectivity index (χ4v) is 4.56. The van der Waals surface area contributed by atoms with Crippen LogP contribution in [-0.2, 0) is 10.0 Å². The van der Waals surface area contributed by atoms with Crippen molar-refractivity contribution in [3.63, 3.8) is 0 Å². The fraction of sp³-hybridized carbons (Fsp3) is 0.727. The molecule has 2 rings (SSSR count). The Kier molecular flexibility index (Phi) is 3.42. The number of aryl methyl sites for hydroxylation is 1. The standard InChI is InChI=1S/C11H19N3O2S2/c1-7(2)11(4-5-11)6-13-18(15,16)9-8(3)14-10(12)17-9/h7,13H,4-6H2,1-3H3,(H2,12,14). The molecule has 0 saturated heterocycles. The van der Waals surface area contributed by atoms with Gasteiger partial charge in [0.2, 0.25) is 0 Å².